The summed E-state index contributed by atoms with van der Waals surface area (Å²) < 4.78 is 0. The monoisotopic (exact) mass is 368 g/mol. The zero-order valence-corrected chi connectivity index (χ0v) is 15.0. The van der Waals surface area contributed by atoms with Crippen LogP contribution in [0.2, 0.25) is 10.0 Å². The highest BCUT2D eigenvalue weighted by Gasteiger charge is 2.08. The quantitative estimate of drug-likeness (QED) is 0.617. The third-order valence-corrected chi connectivity index (χ3v) is 6.16. The molecule has 2 aromatic heterocycles. The number of aryl methyl sites for hydroxylation is 1. The Kier molecular flexibility index (Phi) is 5.16. The van der Waals surface area contributed by atoms with E-state index in [1.165, 1.54) is 15.3 Å². The van der Waals surface area contributed by atoms with Gasteiger partial charge in [0.15, 0.2) is 0 Å². The minimum atomic E-state index is 0.585. The predicted molar refractivity (Wildman–Crippen MR) is 97.2 cm³/mol. The van der Waals surface area contributed by atoms with Crippen LogP contribution in [0.3, 0.4) is 0 Å². The van der Waals surface area contributed by atoms with Gasteiger partial charge in [-0.3, -0.25) is 0 Å². The summed E-state index contributed by atoms with van der Waals surface area (Å²) in [6.07, 6.45) is 1.96. The van der Waals surface area contributed by atoms with Gasteiger partial charge in [0, 0.05) is 24.2 Å². The molecular weight excluding hydrogens is 355 g/mol. The van der Waals surface area contributed by atoms with Crippen molar-refractivity contribution in [1.82, 2.24) is 10.3 Å². The molecule has 0 aliphatic heterocycles. The van der Waals surface area contributed by atoms with E-state index in [0.717, 1.165) is 23.7 Å². The fraction of sp³-hybridized carbons (Fsp3) is 0.188. The fourth-order valence-electron chi connectivity index (χ4n) is 2.09. The molecule has 2 nitrogen and oxygen atoms in total. The molecule has 0 amide bonds. The van der Waals surface area contributed by atoms with Crippen molar-refractivity contribution >= 4 is 45.9 Å². The molecule has 2 heterocycles. The van der Waals surface area contributed by atoms with Gasteiger partial charge in [0.25, 0.3) is 0 Å². The maximum absolute atomic E-state index is 6.02. The molecule has 0 bridgehead atoms. The lowest BCUT2D eigenvalue weighted by Gasteiger charge is -2.04. The second-order valence-electron chi connectivity index (χ2n) is 4.90. The van der Waals surface area contributed by atoms with Gasteiger partial charge in [-0.1, -0.05) is 29.3 Å². The van der Waals surface area contributed by atoms with Crippen molar-refractivity contribution in [2.24, 2.45) is 0 Å². The molecule has 1 aromatic carbocycles. The fourth-order valence-corrected chi connectivity index (χ4v) is 4.40. The van der Waals surface area contributed by atoms with E-state index >= 15 is 0 Å². The van der Waals surface area contributed by atoms with E-state index in [1.54, 1.807) is 22.7 Å². The molecule has 6 heteroatoms. The highest BCUT2D eigenvalue weighted by molar-refractivity contribution is 7.21. The average molecular weight is 369 g/mol. The Balaban J connectivity index is 1.59. The molecule has 22 heavy (non-hydrogen) atoms. The summed E-state index contributed by atoms with van der Waals surface area (Å²) in [5.74, 6) is 0. The number of halogens is 2. The van der Waals surface area contributed by atoms with Gasteiger partial charge >= 0.3 is 0 Å². The molecular formula is C16H14Cl2N2S2. The summed E-state index contributed by atoms with van der Waals surface area (Å²) in [5.41, 5.74) is 2.42. The first-order valence-electron chi connectivity index (χ1n) is 6.77. The van der Waals surface area contributed by atoms with Crippen molar-refractivity contribution in [2.45, 2.75) is 20.0 Å². The Hall–Kier alpha value is -0.910. The van der Waals surface area contributed by atoms with Crippen molar-refractivity contribution < 1.29 is 0 Å². The van der Waals surface area contributed by atoms with Gasteiger partial charge in [0.1, 0.15) is 5.01 Å². The summed E-state index contributed by atoms with van der Waals surface area (Å²) in [7, 11) is 0. The zero-order valence-electron chi connectivity index (χ0n) is 11.9. The number of benzene rings is 1. The van der Waals surface area contributed by atoms with E-state index in [2.05, 4.69) is 28.7 Å². The van der Waals surface area contributed by atoms with E-state index < -0.39 is 0 Å². The number of thiazole rings is 1. The molecule has 114 valence electrons. The second kappa shape index (κ2) is 7.11. The molecule has 0 saturated carbocycles. The number of nitrogens with one attached hydrogen (secondary N) is 1. The number of hydrogen-bond acceptors (Lipinski definition) is 4. The second-order valence-corrected chi connectivity index (χ2v) is 7.75. The van der Waals surface area contributed by atoms with Crippen molar-refractivity contribution in [1.29, 1.82) is 0 Å². The van der Waals surface area contributed by atoms with E-state index in [0.29, 0.717) is 10.0 Å². The lowest BCUT2D eigenvalue weighted by atomic mass is 10.2. The standard InChI is InChI=1S/C16H14Cl2N2S2/c1-10-4-5-21-16(10)14-8-20-15(22-14)9-19-7-11-2-3-12(17)13(18)6-11/h2-6,8,19H,7,9H2,1H3. The van der Waals surface area contributed by atoms with Crippen LogP contribution in [0.1, 0.15) is 16.1 Å². The van der Waals surface area contributed by atoms with Crippen LogP contribution in [0.15, 0.2) is 35.8 Å². The molecule has 0 radical (unpaired) electrons. The molecule has 0 aliphatic carbocycles. The van der Waals surface area contributed by atoms with Crippen LogP contribution in [0.5, 0.6) is 0 Å². The van der Waals surface area contributed by atoms with Crippen molar-refractivity contribution in [2.75, 3.05) is 0 Å². The molecule has 0 unspecified atom stereocenters. The molecule has 0 spiro atoms. The van der Waals surface area contributed by atoms with Crippen LogP contribution in [-0.4, -0.2) is 4.98 Å². The van der Waals surface area contributed by atoms with Crippen LogP contribution < -0.4 is 5.32 Å². The van der Waals surface area contributed by atoms with E-state index in [1.807, 2.05) is 24.4 Å². The van der Waals surface area contributed by atoms with Gasteiger partial charge in [0.2, 0.25) is 0 Å². The molecule has 0 aliphatic rings. The van der Waals surface area contributed by atoms with Crippen molar-refractivity contribution in [3.05, 3.63) is 62.0 Å². The number of rotatable bonds is 5. The summed E-state index contributed by atoms with van der Waals surface area (Å²) in [4.78, 5) is 7.04. The largest absolute Gasteiger partial charge is 0.306 e. The Morgan fingerprint density at radius 3 is 2.73 bits per heavy atom. The summed E-state index contributed by atoms with van der Waals surface area (Å²) >= 11 is 15.4. The highest BCUT2D eigenvalue weighted by Crippen LogP contribution is 2.33. The first-order valence-corrected chi connectivity index (χ1v) is 9.22. The Bertz CT molecular complexity index is 780. The summed E-state index contributed by atoms with van der Waals surface area (Å²) in [6, 6.07) is 7.83. The zero-order chi connectivity index (χ0) is 15.5. The maximum atomic E-state index is 6.02. The molecule has 1 N–H and O–H groups in total. The molecule has 0 saturated heterocycles. The van der Waals surface area contributed by atoms with Crippen LogP contribution in [0, 0.1) is 6.92 Å². The molecule has 0 fully saturated rings. The van der Waals surface area contributed by atoms with Crippen LogP contribution >= 0.6 is 45.9 Å². The first-order chi connectivity index (χ1) is 10.6. The van der Waals surface area contributed by atoms with E-state index in [9.17, 15) is 0 Å². The van der Waals surface area contributed by atoms with Gasteiger partial charge in [0.05, 0.1) is 14.9 Å². The third-order valence-electron chi connectivity index (χ3n) is 3.23. The number of nitrogens with zero attached hydrogens (tertiary/aromatic N) is 1. The Morgan fingerprint density at radius 2 is 2.00 bits per heavy atom. The number of thiophene rings is 1. The summed E-state index contributed by atoms with van der Waals surface area (Å²) in [5, 5.41) is 7.76. The molecule has 3 aromatic rings. The van der Waals surface area contributed by atoms with Gasteiger partial charge in [-0.25, -0.2) is 4.98 Å². The lowest BCUT2D eigenvalue weighted by molar-refractivity contribution is 0.690. The van der Waals surface area contributed by atoms with Gasteiger partial charge in [-0.05, 0) is 41.6 Å². The summed E-state index contributed by atoms with van der Waals surface area (Å²) in [6.45, 7) is 3.62. The SMILES string of the molecule is Cc1ccsc1-c1cnc(CNCc2ccc(Cl)c(Cl)c2)s1. The third kappa shape index (κ3) is 3.70. The van der Waals surface area contributed by atoms with E-state index in [-0.39, 0.29) is 0 Å². The van der Waals surface area contributed by atoms with Gasteiger partial charge < -0.3 is 5.32 Å². The maximum Gasteiger partial charge on any atom is 0.107 e. The van der Waals surface area contributed by atoms with Crippen molar-refractivity contribution in [3.8, 4) is 9.75 Å². The van der Waals surface area contributed by atoms with Crippen LogP contribution in [0.4, 0.5) is 0 Å². The van der Waals surface area contributed by atoms with E-state index in [4.69, 9.17) is 23.2 Å². The number of hydrogen-bond donors (Lipinski definition) is 1. The van der Waals surface area contributed by atoms with Crippen LogP contribution in [0.25, 0.3) is 9.75 Å². The van der Waals surface area contributed by atoms with Gasteiger partial charge in [-0.2, -0.15) is 0 Å². The Morgan fingerprint density at radius 1 is 1.14 bits per heavy atom. The Labute approximate surface area is 147 Å². The van der Waals surface area contributed by atoms with Crippen LogP contribution in [-0.2, 0) is 13.1 Å². The minimum absolute atomic E-state index is 0.585. The molecule has 3 rings (SSSR count). The average Bonchev–Trinajstić information content (AvgIpc) is 3.11. The van der Waals surface area contributed by atoms with Crippen molar-refractivity contribution in [3.63, 3.8) is 0 Å². The smallest absolute Gasteiger partial charge is 0.107 e. The lowest BCUT2D eigenvalue weighted by Crippen LogP contribution is -2.12. The van der Waals surface area contributed by atoms with Gasteiger partial charge in [-0.15, -0.1) is 22.7 Å². The highest BCUT2D eigenvalue weighted by atomic mass is 35.5. The first kappa shape index (κ1) is 16.0. The topological polar surface area (TPSA) is 24.9 Å². The molecule has 0 atom stereocenters. The normalized spacial score (nSPS) is 11.0. The predicted octanol–water partition coefficient (Wildman–Crippen LogP) is 5.78. The minimum Gasteiger partial charge on any atom is -0.306 e. The number of aromatic nitrogens is 1.